The molecule has 34 heavy (non-hydrogen) atoms. The number of amides is 4. The number of urea groups is 1. The van der Waals surface area contributed by atoms with Crippen LogP contribution in [0.25, 0.3) is 0 Å². The summed E-state index contributed by atoms with van der Waals surface area (Å²) in [6.45, 7) is 3.13. The van der Waals surface area contributed by atoms with Crippen LogP contribution in [0.5, 0.6) is 11.5 Å². The number of carbonyl (C=O) groups excluding carboxylic acids is 3. The molecule has 9 nitrogen and oxygen atoms in total. The fourth-order valence-electron chi connectivity index (χ4n) is 5.60. The molecule has 3 heterocycles. The molecule has 3 aliphatic heterocycles. The number of hydrogen-bond donors (Lipinski definition) is 1. The highest BCUT2D eigenvalue weighted by atomic mass is 16.5. The lowest BCUT2D eigenvalue weighted by molar-refractivity contribution is -0.135. The number of carbonyl (C=O) groups is 3. The molecule has 4 amide bonds. The first-order valence-electron chi connectivity index (χ1n) is 12.2. The number of ether oxygens (including phenoxy) is 2. The fraction of sp³-hybridized carbons (Fsp3) is 0.640. The highest BCUT2D eigenvalue weighted by Crippen LogP contribution is 2.32. The number of hydrogen-bond acceptors (Lipinski definition) is 6. The Hall–Kier alpha value is -2.81. The van der Waals surface area contributed by atoms with Crippen LogP contribution in [0.2, 0.25) is 0 Å². The number of imide groups is 1. The second-order valence-corrected chi connectivity index (χ2v) is 9.60. The quantitative estimate of drug-likeness (QED) is 0.584. The first kappa shape index (κ1) is 24.3. The smallest absolute Gasteiger partial charge is 0.325 e. The van der Waals surface area contributed by atoms with Crippen molar-refractivity contribution in [2.24, 2.45) is 5.92 Å². The van der Waals surface area contributed by atoms with Crippen molar-refractivity contribution in [1.29, 1.82) is 0 Å². The summed E-state index contributed by atoms with van der Waals surface area (Å²) in [6.07, 6.45) is 6.01. The van der Waals surface area contributed by atoms with Crippen LogP contribution < -0.4 is 14.8 Å². The van der Waals surface area contributed by atoms with E-state index in [-0.39, 0.29) is 24.8 Å². The Morgan fingerprint density at radius 1 is 1.09 bits per heavy atom. The number of piperidine rings is 2. The molecular weight excluding hydrogens is 436 g/mol. The molecule has 0 unspecified atom stereocenters. The predicted octanol–water partition coefficient (Wildman–Crippen LogP) is 2.24. The van der Waals surface area contributed by atoms with Crippen molar-refractivity contribution in [3.8, 4) is 11.5 Å². The van der Waals surface area contributed by atoms with Gasteiger partial charge in [-0.1, -0.05) is 12.5 Å². The molecule has 0 aliphatic carbocycles. The summed E-state index contributed by atoms with van der Waals surface area (Å²) in [5.41, 5.74) is 0.736. The lowest BCUT2D eigenvalue weighted by Crippen LogP contribution is -2.51. The van der Waals surface area contributed by atoms with Gasteiger partial charge in [-0.25, -0.2) is 4.79 Å². The van der Waals surface area contributed by atoms with Gasteiger partial charge in [-0.05, 0) is 62.4 Å². The molecule has 0 spiro atoms. The molecule has 9 heteroatoms. The molecule has 1 aromatic rings. The molecule has 3 fully saturated rings. The Morgan fingerprint density at radius 3 is 2.62 bits per heavy atom. The fourth-order valence-corrected chi connectivity index (χ4v) is 5.60. The van der Waals surface area contributed by atoms with Crippen molar-refractivity contribution in [2.45, 2.75) is 57.2 Å². The summed E-state index contributed by atoms with van der Waals surface area (Å²) in [7, 11) is 4.90. The van der Waals surface area contributed by atoms with Crippen LogP contribution in [0.15, 0.2) is 18.2 Å². The third-order valence-corrected chi connectivity index (χ3v) is 7.44. The van der Waals surface area contributed by atoms with Gasteiger partial charge in [0.05, 0.1) is 27.2 Å². The molecule has 0 aromatic heterocycles. The number of fused-ring (bicyclic) bond motifs is 1. The molecule has 1 aromatic carbocycles. The maximum Gasteiger partial charge on any atom is 0.325 e. The second-order valence-electron chi connectivity index (χ2n) is 9.60. The number of nitrogens with zero attached hydrogens (tertiary/aromatic N) is 3. The van der Waals surface area contributed by atoms with E-state index < -0.39 is 12.1 Å². The Balaban J connectivity index is 1.33. The third kappa shape index (κ3) is 5.14. The molecule has 4 rings (SSSR count). The lowest BCUT2D eigenvalue weighted by atomic mass is 9.83. The average Bonchev–Trinajstić information content (AvgIpc) is 3.11. The highest BCUT2D eigenvalue weighted by Gasteiger charge is 2.40. The van der Waals surface area contributed by atoms with Gasteiger partial charge >= 0.3 is 6.03 Å². The average molecular weight is 473 g/mol. The summed E-state index contributed by atoms with van der Waals surface area (Å²) >= 11 is 0. The SMILES string of the molecule is COc1ccc(CN2C(=O)N[C@H](CC(=O)N(C)C[C@@H]3CCCN4CCCC[C@H]34)C2=O)cc1OC. The van der Waals surface area contributed by atoms with Crippen LogP contribution in [0, 0.1) is 5.92 Å². The van der Waals surface area contributed by atoms with Crippen LogP contribution in [-0.4, -0.2) is 85.5 Å². The van der Waals surface area contributed by atoms with Gasteiger partial charge in [-0.2, -0.15) is 0 Å². The lowest BCUT2D eigenvalue weighted by Gasteiger charge is -2.45. The largest absolute Gasteiger partial charge is 0.493 e. The van der Waals surface area contributed by atoms with Gasteiger partial charge in [0.1, 0.15) is 6.04 Å². The van der Waals surface area contributed by atoms with E-state index in [1.807, 2.05) is 7.05 Å². The van der Waals surface area contributed by atoms with E-state index >= 15 is 0 Å². The zero-order valence-corrected chi connectivity index (χ0v) is 20.4. The first-order valence-corrected chi connectivity index (χ1v) is 12.2. The van der Waals surface area contributed by atoms with Crippen molar-refractivity contribution in [1.82, 2.24) is 20.0 Å². The summed E-state index contributed by atoms with van der Waals surface area (Å²) in [6, 6.07) is 4.51. The second kappa shape index (κ2) is 10.6. The zero-order chi connectivity index (χ0) is 24.2. The van der Waals surface area contributed by atoms with Crippen molar-refractivity contribution in [3.05, 3.63) is 23.8 Å². The summed E-state index contributed by atoms with van der Waals surface area (Å²) in [4.78, 5) is 43.9. The maximum atomic E-state index is 13.0. The van der Waals surface area contributed by atoms with Gasteiger partial charge in [0.15, 0.2) is 11.5 Å². The standard InChI is InChI=1S/C25H36N4O5/c1-27(16-18-7-6-12-28-11-5-4-8-20(18)28)23(30)14-19-24(31)29(25(32)26-19)15-17-9-10-21(33-2)22(13-17)34-3/h9-10,13,18-20H,4-8,11-12,14-16H2,1-3H3,(H,26,32)/t18-,19+,20+/m0/s1. The van der Waals surface area contributed by atoms with Crippen LogP contribution in [0.3, 0.4) is 0 Å². The van der Waals surface area contributed by atoms with Crippen molar-refractivity contribution < 1.29 is 23.9 Å². The number of nitrogens with one attached hydrogen (secondary N) is 1. The van der Waals surface area contributed by atoms with Gasteiger partial charge in [0, 0.05) is 19.6 Å². The normalized spacial score (nSPS) is 25.0. The van der Waals surface area contributed by atoms with E-state index in [9.17, 15) is 14.4 Å². The Kier molecular flexibility index (Phi) is 7.60. The molecule has 3 atom stereocenters. The molecule has 0 saturated carbocycles. The van der Waals surface area contributed by atoms with E-state index in [4.69, 9.17) is 9.47 Å². The zero-order valence-electron chi connectivity index (χ0n) is 20.4. The molecule has 3 aliphatic rings. The summed E-state index contributed by atoms with van der Waals surface area (Å²) in [5.74, 6) is 1.08. The van der Waals surface area contributed by atoms with Crippen LogP contribution >= 0.6 is 0 Å². The van der Waals surface area contributed by atoms with Gasteiger partial charge in [-0.15, -0.1) is 0 Å². The van der Waals surface area contributed by atoms with E-state index in [1.165, 1.54) is 32.8 Å². The van der Waals surface area contributed by atoms with Gasteiger partial charge in [0.2, 0.25) is 5.91 Å². The van der Waals surface area contributed by atoms with Crippen LogP contribution in [0.4, 0.5) is 4.79 Å². The van der Waals surface area contributed by atoms with Crippen molar-refractivity contribution in [2.75, 3.05) is 40.9 Å². The minimum atomic E-state index is -0.833. The third-order valence-electron chi connectivity index (χ3n) is 7.44. The van der Waals surface area contributed by atoms with Crippen LogP contribution in [-0.2, 0) is 16.1 Å². The molecule has 3 saturated heterocycles. The van der Waals surface area contributed by atoms with Gasteiger partial charge < -0.3 is 24.6 Å². The van der Waals surface area contributed by atoms with Crippen molar-refractivity contribution >= 4 is 17.8 Å². The highest BCUT2D eigenvalue weighted by molar-refractivity contribution is 6.05. The number of benzene rings is 1. The molecule has 186 valence electrons. The minimum Gasteiger partial charge on any atom is -0.493 e. The number of methoxy groups -OCH3 is 2. The predicted molar refractivity (Wildman–Crippen MR) is 127 cm³/mol. The Bertz CT molecular complexity index is 921. The molecule has 1 N–H and O–H groups in total. The van der Waals surface area contributed by atoms with Crippen LogP contribution in [0.1, 0.15) is 44.1 Å². The van der Waals surface area contributed by atoms with E-state index in [0.29, 0.717) is 30.0 Å². The molecule has 0 bridgehead atoms. The Labute approximate surface area is 201 Å². The number of rotatable bonds is 8. The minimum absolute atomic E-state index is 0.0232. The van der Waals surface area contributed by atoms with E-state index in [0.717, 1.165) is 30.0 Å². The topological polar surface area (TPSA) is 91.4 Å². The summed E-state index contributed by atoms with van der Waals surface area (Å²) in [5, 5.41) is 2.69. The molecular formula is C25H36N4O5. The monoisotopic (exact) mass is 472 g/mol. The molecule has 0 radical (unpaired) electrons. The maximum absolute atomic E-state index is 13.0. The Morgan fingerprint density at radius 2 is 1.85 bits per heavy atom. The first-order chi connectivity index (χ1) is 16.4. The van der Waals surface area contributed by atoms with Gasteiger partial charge in [0.25, 0.3) is 5.91 Å². The van der Waals surface area contributed by atoms with Crippen molar-refractivity contribution in [3.63, 3.8) is 0 Å². The van der Waals surface area contributed by atoms with E-state index in [2.05, 4.69) is 10.2 Å². The van der Waals surface area contributed by atoms with Gasteiger partial charge in [-0.3, -0.25) is 14.5 Å². The summed E-state index contributed by atoms with van der Waals surface area (Å²) < 4.78 is 10.5. The van der Waals surface area contributed by atoms with E-state index in [1.54, 1.807) is 30.2 Å².